The van der Waals surface area contributed by atoms with Gasteiger partial charge >= 0.3 is 0 Å². The summed E-state index contributed by atoms with van der Waals surface area (Å²) in [6.45, 7) is 11.1. The molecule has 0 spiro atoms. The molecule has 1 aromatic carbocycles. The zero-order valence-electron chi connectivity index (χ0n) is 13.2. The molecule has 0 bridgehead atoms. The van der Waals surface area contributed by atoms with Crippen LogP contribution in [0.15, 0.2) is 24.3 Å². The Labute approximate surface area is 123 Å². The molecule has 2 aliphatic rings. The molecule has 1 heterocycles. The van der Waals surface area contributed by atoms with E-state index in [1.165, 1.54) is 18.4 Å². The SMILES string of the molecule is CC1OCCN(C(C)(C)C)C1c1ccccc1C1CC1. The van der Waals surface area contributed by atoms with E-state index in [0.717, 1.165) is 19.1 Å². The van der Waals surface area contributed by atoms with E-state index in [9.17, 15) is 0 Å². The maximum absolute atomic E-state index is 5.98. The molecule has 110 valence electrons. The minimum absolute atomic E-state index is 0.180. The first-order valence-electron chi connectivity index (χ1n) is 7.95. The van der Waals surface area contributed by atoms with Crippen molar-refractivity contribution in [2.75, 3.05) is 13.2 Å². The van der Waals surface area contributed by atoms with Gasteiger partial charge in [0, 0.05) is 12.1 Å². The van der Waals surface area contributed by atoms with Gasteiger partial charge in [0.1, 0.15) is 0 Å². The summed E-state index contributed by atoms with van der Waals surface area (Å²) in [6, 6.07) is 9.41. The lowest BCUT2D eigenvalue weighted by Crippen LogP contribution is -2.52. The molecule has 1 aromatic rings. The molecule has 3 rings (SSSR count). The van der Waals surface area contributed by atoms with Crippen molar-refractivity contribution in [1.29, 1.82) is 0 Å². The fraction of sp³-hybridized carbons (Fsp3) is 0.667. The minimum Gasteiger partial charge on any atom is -0.375 e. The Morgan fingerprint density at radius 3 is 2.35 bits per heavy atom. The number of ether oxygens (including phenoxy) is 1. The molecule has 1 aliphatic carbocycles. The lowest BCUT2D eigenvalue weighted by Gasteiger charge is -2.48. The van der Waals surface area contributed by atoms with Crippen molar-refractivity contribution in [3.8, 4) is 0 Å². The molecule has 1 aliphatic heterocycles. The van der Waals surface area contributed by atoms with E-state index in [4.69, 9.17) is 4.74 Å². The van der Waals surface area contributed by atoms with Crippen molar-refractivity contribution in [3.05, 3.63) is 35.4 Å². The molecule has 0 radical (unpaired) electrons. The van der Waals surface area contributed by atoms with Crippen LogP contribution in [0.2, 0.25) is 0 Å². The third-order valence-electron chi connectivity index (χ3n) is 4.69. The highest BCUT2D eigenvalue weighted by Gasteiger charge is 2.39. The van der Waals surface area contributed by atoms with Crippen LogP contribution in [0.25, 0.3) is 0 Å². The summed E-state index contributed by atoms with van der Waals surface area (Å²) in [5.41, 5.74) is 3.24. The third-order valence-corrected chi connectivity index (χ3v) is 4.69. The van der Waals surface area contributed by atoms with Crippen molar-refractivity contribution < 1.29 is 4.74 Å². The molecule has 0 amide bonds. The van der Waals surface area contributed by atoms with E-state index in [1.54, 1.807) is 5.56 Å². The van der Waals surface area contributed by atoms with Gasteiger partial charge < -0.3 is 4.74 Å². The van der Waals surface area contributed by atoms with E-state index in [1.807, 2.05) is 0 Å². The van der Waals surface area contributed by atoms with Crippen LogP contribution in [-0.2, 0) is 4.74 Å². The molecule has 2 nitrogen and oxygen atoms in total. The summed E-state index contributed by atoms with van der Waals surface area (Å²) in [7, 11) is 0. The van der Waals surface area contributed by atoms with E-state index in [0.29, 0.717) is 6.04 Å². The van der Waals surface area contributed by atoms with Gasteiger partial charge in [0.15, 0.2) is 0 Å². The van der Waals surface area contributed by atoms with E-state index in [2.05, 4.69) is 56.9 Å². The molecule has 1 saturated heterocycles. The van der Waals surface area contributed by atoms with Gasteiger partial charge in [0.05, 0.1) is 18.8 Å². The van der Waals surface area contributed by atoms with Gasteiger partial charge in [-0.05, 0) is 57.6 Å². The second-order valence-electron chi connectivity index (χ2n) is 7.29. The number of hydrogen-bond donors (Lipinski definition) is 0. The van der Waals surface area contributed by atoms with Crippen LogP contribution in [0.3, 0.4) is 0 Å². The van der Waals surface area contributed by atoms with Crippen molar-refractivity contribution in [3.63, 3.8) is 0 Å². The van der Waals surface area contributed by atoms with Gasteiger partial charge in [-0.3, -0.25) is 4.90 Å². The Balaban J connectivity index is 2.00. The number of morpholine rings is 1. The smallest absolute Gasteiger partial charge is 0.0744 e. The second-order valence-corrected chi connectivity index (χ2v) is 7.29. The van der Waals surface area contributed by atoms with Crippen molar-refractivity contribution in [1.82, 2.24) is 4.90 Å². The molecule has 2 unspecified atom stereocenters. The number of nitrogens with zero attached hydrogens (tertiary/aromatic N) is 1. The zero-order chi connectivity index (χ0) is 14.3. The molecule has 20 heavy (non-hydrogen) atoms. The first kappa shape index (κ1) is 14.1. The van der Waals surface area contributed by atoms with Crippen LogP contribution in [0.1, 0.15) is 63.6 Å². The normalized spacial score (nSPS) is 28.6. The van der Waals surface area contributed by atoms with E-state index < -0.39 is 0 Å². The standard InChI is InChI=1S/C18H27NO/c1-13-17(19(11-12-20-13)18(2,3)4)16-8-6-5-7-15(16)14-9-10-14/h5-8,13-14,17H,9-12H2,1-4H3. The van der Waals surface area contributed by atoms with Gasteiger partial charge in [-0.2, -0.15) is 0 Å². The Morgan fingerprint density at radius 1 is 1.10 bits per heavy atom. The number of rotatable bonds is 2. The van der Waals surface area contributed by atoms with Crippen LogP contribution in [0.5, 0.6) is 0 Å². The van der Waals surface area contributed by atoms with Crippen LogP contribution in [0, 0.1) is 0 Å². The van der Waals surface area contributed by atoms with Gasteiger partial charge in [-0.15, -0.1) is 0 Å². The van der Waals surface area contributed by atoms with Crippen LogP contribution in [-0.4, -0.2) is 29.7 Å². The zero-order valence-corrected chi connectivity index (χ0v) is 13.2. The number of hydrogen-bond acceptors (Lipinski definition) is 2. The van der Waals surface area contributed by atoms with Crippen molar-refractivity contribution >= 4 is 0 Å². The summed E-state index contributed by atoms with van der Waals surface area (Å²) in [6.07, 6.45) is 2.98. The Bertz CT molecular complexity index is 473. The maximum Gasteiger partial charge on any atom is 0.0744 e. The monoisotopic (exact) mass is 273 g/mol. The fourth-order valence-corrected chi connectivity index (χ4v) is 3.54. The second kappa shape index (κ2) is 5.16. The largest absolute Gasteiger partial charge is 0.375 e. The van der Waals surface area contributed by atoms with Crippen LogP contribution in [0.4, 0.5) is 0 Å². The topological polar surface area (TPSA) is 12.5 Å². The molecular weight excluding hydrogens is 246 g/mol. The maximum atomic E-state index is 5.98. The first-order valence-corrected chi connectivity index (χ1v) is 7.95. The summed E-state index contributed by atoms with van der Waals surface area (Å²) in [5.74, 6) is 0.794. The van der Waals surface area contributed by atoms with Crippen molar-refractivity contribution in [2.45, 2.75) is 64.1 Å². The molecule has 2 heteroatoms. The van der Waals surface area contributed by atoms with Gasteiger partial charge in [-0.1, -0.05) is 24.3 Å². The lowest BCUT2D eigenvalue weighted by molar-refractivity contribution is -0.0958. The van der Waals surface area contributed by atoms with Gasteiger partial charge in [0.2, 0.25) is 0 Å². The average molecular weight is 273 g/mol. The summed E-state index contributed by atoms with van der Waals surface area (Å²) in [4.78, 5) is 2.63. The highest BCUT2D eigenvalue weighted by Crippen LogP contribution is 2.45. The Kier molecular flexibility index (Phi) is 3.64. The minimum atomic E-state index is 0.180. The summed E-state index contributed by atoms with van der Waals surface area (Å²) in [5, 5.41) is 0. The number of benzene rings is 1. The highest BCUT2D eigenvalue weighted by atomic mass is 16.5. The third kappa shape index (κ3) is 2.64. The van der Waals surface area contributed by atoms with Crippen molar-refractivity contribution in [2.24, 2.45) is 0 Å². The first-order chi connectivity index (χ1) is 9.48. The highest BCUT2D eigenvalue weighted by molar-refractivity contribution is 5.36. The summed E-state index contributed by atoms with van der Waals surface area (Å²) < 4.78 is 5.98. The Morgan fingerprint density at radius 2 is 1.75 bits per heavy atom. The van der Waals surface area contributed by atoms with E-state index in [-0.39, 0.29) is 11.6 Å². The van der Waals surface area contributed by atoms with Gasteiger partial charge in [-0.25, -0.2) is 0 Å². The van der Waals surface area contributed by atoms with E-state index >= 15 is 0 Å². The molecule has 1 saturated carbocycles. The fourth-order valence-electron chi connectivity index (χ4n) is 3.54. The van der Waals surface area contributed by atoms with Crippen LogP contribution >= 0.6 is 0 Å². The average Bonchev–Trinajstić information content (AvgIpc) is 3.22. The lowest BCUT2D eigenvalue weighted by atomic mass is 9.89. The summed E-state index contributed by atoms with van der Waals surface area (Å²) >= 11 is 0. The molecule has 2 fully saturated rings. The molecular formula is C18H27NO. The molecule has 0 aromatic heterocycles. The molecule has 2 atom stereocenters. The molecule has 0 N–H and O–H groups in total. The van der Waals surface area contributed by atoms with Gasteiger partial charge in [0.25, 0.3) is 0 Å². The quantitative estimate of drug-likeness (QED) is 0.803. The van der Waals surface area contributed by atoms with Crippen LogP contribution < -0.4 is 0 Å². The predicted octanol–water partition coefficient (Wildman–Crippen LogP) is 4.12. The predicted molar refractivity (Wildman–Crippen MR) is 83.0 cm³/mol. The Hall–Kier alpha value is -0.860.